The Morgan fingerprint density at radius 1 is 1.45 bits per heavy atom. The van der Waals surface area contributed by atoms with Crippen LogP contribution in [0, 0.1) is 17.3 Å². The van der Waals surface area contributed by atoms with E-state index in [2.05, 4.69) is 27.4 Å². The number of esters is 1. The van der Waals surface area contributed by atoms with Crippen molar-refractivity contribution in [1.29, 1.82) is 0 Å². The first kappa shape index (κ1) is 15.6. The fourth-order valence-electron chi connectivity index (χ4n) is 4.25. The van der Waals surface area contributed by atoms with E-state index in [4.69, 9.17) is 4.74 Å². The number of aliphatic hydroxyl groups is 1. The molecule has 0 spiro atoms. The topological polar surface area (TPSA) is 46.5 Å². The zero-order valence-electron chi connectivity index (χ0n) is 13.2. The number of fused-ring (bicyclic) bond motifs is 1. The second-order valence-electron chi connectivity index (χ2n) is 7.24. The molecule has 2 rings (SSSR count). The van der Waals surface area contributed by atoms with Crippen LogP contribution in [0.25, 0.3) is 0 Å². The quantitative estimate of drug-likeness (QED) is 0.622. The third-order valence-corrected chi connectivity index (χ3v) is 5.79. The van der Waals surface area contributed by atoms with Crippen LogP contribution in [-0.2, 0) is 9.53 Å². The molecule has 0 aromatic heterocycles. The lowest BCUT2D eigenvalue weighted by Crippen LogP contribution is -2.62. The first-order valence-corrected chi connectivity index (χ1v) is 7.79. The molecule has 2 saturated carbocycles. The first-order chi connectivity index (χ1) is 9.23. The predicted octanol–water partition coefficient (Wildman–Crippen LogP) is 3.46. The smallest absolute Gasteiger partial charge is 0.303 e. The fourth-order valence-corrected chi connectivity index (χ4v) is 4.25. The average molecular weight is 280 g/mol. The molecule has 2 fully saturated rings. The molecule has 4 atom stereocenters. The van der Waals surface area contributed by atoms with Crippen LogP contribution in [-0.4, -0.2) is 22.8 Å². The molecule has 114 valence electrons. The van der Waals surface area contributed by atoms with Crippen LogP contribution in [0.5, 0.6) is 0 Å². The highest BCUT2D eigenvalue weighted by molar-refractivity contribution is 5.67. The summed E-state index contributed by atoms with van der Waals surface area (Å²) >= 11 is 0. The van der Waals surface area contributed by atoms with Crippen molar-refractivity contribution in [2.75, 3.05) is 0 Å². The summed E-state index contributed by atoms with van der Waals surface area (Å²) in [4.78, 5) is 11.7. The van der Waals surface area contributed by atoms with E-state index in [0.717, 1.165) is 37.7 Å². The van der Waals surface area contributed by atoms with Crippen molar-refractivity contribution in [2.45, 2.75) is 71.5 Å². The van der Waals surface area contributed by atoms with E-state index < -0.39 is 11.7 Å². The van der Waals surface area contributed by atoms with Gasteiger partial charge in [-0.3, -0.25) is 4.79 Å². The monoisotopic (exact) mass is 280 g/mol. The second-order valence-corrected chi connectivity index (χ2v) is 7.24. The summed E-state index contributed by atoms with van der Waals surface area (Å²) in [5, 5.41) is 10.6. The van der Waals surface area contributed by atoms with E-state index in [1.807, 2.05) is 0 Å². The molecule has 0 radical (unpaired) electrons. The van der Waals surface area contributed by atoms with E-state index in [-0.39, 0.29) is 11.4 Å². The van der Waals surface area contributed by atoms with Crippen LogP contribution < -0.4 is 0 Å². The standard InChI is InChI=1S/C17H28O3/c1-11(2)14-8-9-16(5)15(19)7-6-12(3)17(16,10-14)20-13(4)18/h11,14-15,19H,3,6-10H2,1-2,4-5H3. The van der Waals surface area contributed by atoms with E-state index in [1.165, 1.54) is 6.92 Å². The minimum Gasteiger partial charge on any atom is -0.454 e. The van der Waals surface area contributed by atoms with Gasteiger partial charge in [-0.2, -0.15) is 0 Å². The fraction of sp³-hybridized carbons (Fsp3) is 0.824. The maximum atomic E-state index is 11.7. The third-order valence-electron chi connectivity index (χ3n) is 5.79. The van der Waals surface area contributed by atoms with Crippen LogP contribution in [0.1, 0.15) is 59.8 Å². The van der Waals surface area contributed by atoms with Gasteiger partial charge in [0.25, 0.3) is 0 Å². The van der Waals surface area contributed by atoms with Crippen molar-refractivity contribution >= 4 is 5.97 Å². The Hall–Kier alpha value is -0.830. The molecule has 2 aliphatic carbocycles. The summed E-state index contributed by atoms with van der Waals surface area (Å²) in [5.41, 5.74) is -0.0749. The predicted molar refractivity (Wildman–Crippen MR) is 79.2 cm³/mol. The van der Waals surface area contributed by atoms with E-state index >= 15 is 0 Å². The van der Waals surface area contributed by atoms with Crippen LogP contribution >= 0.6 is 0 Å². The van der Waals surface area contributed by atoms with E-state index in [1.54, 1.807) is 0 Å². The van der Waals surface area contributed by atoms with Crippen LogP contribution in [0.4, 0.5) is 0 Å². The molecule has 0 aromatic rings. The molecule has 3 nitrogen and oxygen atoms in total. The molecule has 0 amide bonds. The summed E-state index contributed by atoms with van der Waals surface area (Å²) in [7, 11) is 0. The minimum atomic E-state index is -0.677. The number of ether oxygens (including phenoxy) is 1. The Kier molecular flexibility index (Phi) is 4.03. The van der Waals surface area contributed by atoms with Crippen LogP contribution in [0.2, 0.25) is 0 Å². The summed E-state index contributed by atoms with van der Waals surface area (Å²) in [6.07, 6.45) is 3.83. The first-order valence-electron chi connectivity index (χ1n) is 7.79. The summed E-state index contributed by atoms with van der Waals surface area (Å²) in [5.74, 6) is 0.805. The van der Waals surface area contributed by atoms with Gasteiger partial charge < -0.3 is 9.84 Å². The summed E-state index contributed by atoms with van der Waals surface area (Å²) < 4.78 is 5.85. The third kappa shape index (κ3) is 2.20. The summed E-state index contributed by atoms with van der Waals surface area (Å²) in [6.45, 7) is 12.2. The molecule has 3 heteroatoms. The SMILES string of the molecule is C=C1CCC(O)C2(C)CCC(C(C)C)CC12OC(C)=O. The molecule has 0 aromatic carbocycles. The number of hydrogen-bond acceptors (Lipinski definition) is 3. The maximum Gasteiger partial charge on any atom is 0.303 e. The highest BCUT2D eigenvalue weighted by Gasteiger charge is 2.61. The van der Waals surface area contributed by atoms with Gasteiger partial charge in [-0.15, -0.1) is 0 Å². The Morgan fingerprint density at radius 2 is 2.10 bits per heavy atom. The van der Waals surface area contributed by atoms with Crippen molar-refractivity contribution in [3.63, 3.8) is 0 Å². The second kappa shape index (κ2) is 5.18. The molecular weight excluding hydrogens is 252 g/mol. The van der Waals surface area contributed by atoms with Crippen LogP contribution in [0.15, 0.2) is 12.2 Å². The van der Waals surface area contributed by atoms with Crippen molar-refractivity contribution in [1.82, 2.24) is 0 Å². The van der Waals surface area contributed by atoms with Gasteiger partial charge in [0.15, 0.2) is 0 Å². The number of carbonyl (C=O) groups is 1. The highest BCUT2D eigenvalue weighted by Crippen LogP contribution is 2.59. The van der Waals surface area contributed by atoms with Gasteiger partial charge in [0, 0.05) is 12.3 Å². The Morgan fingerprint density at radius 3 is 2.65 bits per heavy atom. The molecule has 0 saturated heterocycles. The molecule has 2 aliphatic rings. The lowest BCUT2D eigenvalue weighted by atomic mass is 9.51. The lowest BCUT2D eigenvalue weighted by Gasteiger charge is -2.59. The zero-order valence-corrected chi connectivity index (χ0v) is 13.2. The van der Waals surface area contributed by atoms with Crippen molar-refractivity contribution in [3.05, 3.63) is 12.2 Å². The number of aliphatic hydroxyl groups excluding tert-OH is 1. The lowest BCUT2D eigenvalue weighted by molar-refractivity contribution is -0.203. The van der Waals surface area contributed by atoms with Gasteiger partial charge in [-0.05, 0) is 49.5 Å². The average Bonchev–Trinajstić information content (AvgIpc) is 2.35. The van der Waals surface area contributed by atoms with Gasteiger partial charge in [0.1, 0.15) is 5.60 Å². The van der Waals surface area contributed by atoms with Gasteiger partial charge in [-0.25, -0.2) is 0 Å². The minimum absolute atomic E-state index is 0.268. The summed E-state index contributed by atoms with van der Waals surface area (Å²) in [6, 6.07) is 0. The molecule has 4 unspecified atom stereocenters. The molecular formula is C17H28O3. The van der Waals surface area contributed by atoms with E-state index in [0.29, 0.717) is 11.8 Å². The largest absolute Gasteiger partial charge is 0.454 e. The molecule has 20 heavy (non-hydrogen) atoms. The Balaban J connectivity index is 2.45. The Bertz CT molecular complexity index is 414. The van der Waals surface area contributed by atoms with Crippen molar-refractivity contribution < 1.29 is 14.6 Å². The molecule has 0 aliphatic heterocycles. The zero-order chi connectivity index (χ0) is 15.1. The van der Waals surface area contributed by atoms with Crippen molar-refractivity contribution in [2.24, 2.45) is 17.3 Å². The van der Waals surface area contributed by atoms with Crippen LogP contribution in [0.3, 0.4) is 0 Å². The molecule has 0 heterocycles. The van der Waals surface area contributed by atoms with Gasteiger partial charge in [-0.1, -0.05) is 27.4 Å². The number of hydrogen-bond donors (Lipinski definition) is 1. The van der Waals surface area contributed by atoms with Crippen molar-refractivity contribution in [3.8, 4) is 0 Å². The highest BCUT2D eigenvalue weighted by atomic mass is 16.6. The van der Waals surface area contributed by atoms with E-state index in [9.17, 15) is 9.90 Å². The number of carbonyl (C=O) groups excluding carboxylic acids is 1. The molecule has 0 bridgehead atoms. The van der Waals surface area contributed by atoms with Gasteiger partial charge in [0.2, 0.25) is 0 Å². The normalized spacial score (nSPS) is 41.4. The maximum absolute atomic E-state index is 11.7. The van der Waals surface area contributed by atoms with Gasteiger partial charge >= 0.3 is 5.97 Å². The molecule has 1 N–H and O–H groups in total. The number of rotatable bonds is 2. The van der Waals surface area contributed by atoms with Gasteiger partial charge in [0.05, 0.1) is 6.10 Å². The Labute approximate surface area is 122 Å².